The fourth-order valence-corrected chi connectivity index (χ4v) is 3.40. The minimum atomic E-state index is -1.57. The molecule has 2 heterocycles. The Labute approximate surface area is 142 Å². The van der Waals surface area contributed by atoms with Crippen molar-refractivity contribution >= 4 is 22.7 Å². The summed E-state index contributed by atoms with van der Waals surface area (Å²) < 4.78 is 21.0. The van der Waals surface area contributed by atoms with Gasteiger partial charge in [-0.2, -0.15) is 0 Å². The topological polar surface area (TPSA) is 97.8 Å². The summed E-state index contributed by atoms with van der Waals surface area (Å²) >= 11 is 0. The molecule has 2 fully saturated rings. The summed E-state index contributed by atoms with van der Waals surface area (Å²) in [6, 6.07) is 3.00. The van der Waals surface area contributed by atoms with Crippen LogP contribution >= 0.6 is 0 Å². The van der Waals surface area contributed by atoms with Crippen LogP contribution in [0.1, 0.15) is 25.3 Å². The SMILES string of the molecule is NC1CCN(c2cc3c(cc2F)c(=O)c(OC(=O)O)cn3C2CC2)C1. The largest absolute Gasteiger partial charge is 0.511 e. The Morgan fingerprint density at radius 3 is 2.68 bits per heavy atom. The zero-order chi connectivity index (χ0) is 17.7. The number of carboxylic acid groups (broad SMARTS) is 1. The summed E-state index contributed by atoms with van der Waals surface area (Å²) in [5.74, 6) is -0.823. The van der Waals surface area contributed by atoms with Crippen molar-refractivity contribution in [3.05, 3.63) is 34.4 Å². The van der Waals surface area contributed by atoms with E-state index >= 15 is 0 Å². The molecule has 8 heteroatoms. The number of pyridine rings is 1. The molecule has 1 aliphatic carbocycles. The molecule has 2 aliphatic rings. The van der Waals surface area contributed by atoms with Crippen molar-refractivity contribution in [2.45, 2.75) is 31.3 Å². The minimum absolute atomic E-state index is 0.00654. The van der Waals surface area contributed by atoms with Crippen LogP contribution in [0.3, 0.4) is 0 Å². The van der Waals surface area contributed by atoms with Crippen molar-refractivity contribution < 1.29 is 19.0 Å². The second kappa shape index (κ2) is 5.73. The van der Waals surface area contributed by atoms with E-state index in [0.717, 1.165) is 19.3 Å². The van der Waals surface area contributed by atoms with E-state index in [-0.39, 0.29) is 23.2 Å². The first-order valence-corrected chi connectivity index (χ1v) is 8.23. The highest BCUT2D eigenvalue weighted by molar-refractivity contribution is 5.85. The van der Waals surface area contributed by atoms with Gasteiger partial charge in [0.25, 0.3) is 0 Å². The number of hydrogen-bond donors (Lipinski definition) is 2. The van der Waals surface area contributed by atoms with Gasteiger partial charge in [-0.25, -0.2) is 9.18 Å². The van der Waals surface area contributed by atoms with E-state index in [1.54, 1.807) is 6.07 Å². The van der Waals surface area contributed by atoms with Crippen molar-refractivity contribution in [3.63, 3.8) is 0 Å². The smallest absolute Gasteiger partial charge is 0.449 e. The van der Waals surface area contributed by atoms with Gasteiger partial charge in [0.1, 0.15) is 5.82 Å². The van der Waals surface area contributed by atoms with E-state index in [1.165, 1.54) is 12.3 Å². The van der Waals surface area contributed by atoms with Crippen LogP contribution < -0.4 is 20.8 Å². The fourth-order valence-electron chi connectivity index (χ4n) is 3.40. The van der Waals surface area contributed by atoms with Gasteiger partial charge in [-0.05, 0) is 31.4 Å². The molecular weight excluding hydrogens is 329 g/mol. The average Bonchev–Trinajstić information content (AvgIpc) is 3.31. The summed E-state index contributed by atoms with van der Waals surface area (Å²) in [6.07, 6.45) is 2.48. The number of fused-ring (bicyclic) bond motifs is 1. The number of hydrogen-bond acceptors (Lipinski definition) is 5. The van der Waals surface area contributed by atoms with Crippen LogP contribution in [0.15, 0.2) is 23.1 Å². The molecule has 1 atom stereocenters. The summed E-state index contributed by atoms with van der Waals surface area (Å²) in [5, 5.41) is 8.93. The third-order valence-corrected chi connectivity index (χ3v) is 4.77. The number of halogens is 1. The number of carbonyl (C=O) groups is 1. The second-order valence-electron chi connectivity index (χ2n) is 6.64. The lowest BCUT2D eigenvalue weighted by Crippen LogP contribution is -2.27. The maximum atomic E-state index is 14.6. The number of benzene rings is 1. The van der Waals surface area contributed by atoms with Crippen LogP contribution in [0.4, 0.5) is 14.9 Å². The lowest BCUT2D eigenvalue weighted by Gasteiger charge is -2.21. The molecule has 1 aromatic heterocycles. The lowest BCUT2D eigenvalue weighted by molar-refractivity contribution is 0.143. The van der Waals surface area contributed by atoms with Gasteiger partial charge in [0.2, 0.25) is 5.43 Å². The van der Waals surface area contributed by atoms with Gasteiger partial charge >= 0.3 is 6.16 Å². The molecule has 0 amide bonds. The zero-order valence-corrected chi connectivity index (χ0v) is 13.4. The van der Waals surface area contributed by atoms with E-state index in [2.05, 4.69) is 4.74 Å². The highest BCUT2D eigenvalue weighted by atomic mass is 19.1. The van der Waals surface area contributed by atoms with Crippen LogP contribution in [-0.2, 0) is 0 Å². The Hall–Kier alpha value is -2.61. The third kappa shape index (κ3) is 2.82. The Morgan fingerprint density at radius 1 is 1.32 bits per heavy atom. The fraction of sp³-hybridized carbons (Fsp3) is 0.412. The number of anilines is 1. The van der Waals surface area contributed by atoms with Crippen molar-refractivity contribution in [2.24, 2.45) is 5.73 Å². The van der Waals surface area contributed by atoms with Gasteiger partial charge in [-0.1, -0.05) is 0 Å². The predicted molar refractivity (Wildman–Crippen MR) is 89.9 cm³/mol. The van der Waals surface area contributed by atoms with Gasteiger partial charge in [0.05, 0.1) is 22.8 Å². The predicted octanol–water partition coefficient (Wildman–Crippen LogP) is 2.07. The first-order valence-electron chi connectivity index (χ1n) is 8.23. The Morgan fingerprint density at radius 2 is 2.08 bits per heavy atom. The molecule has 1 aromatic carbocycles. The van der Waals surface area contributed by atoms with E-state index in [9.17, 15) is 14.0 Å². The third-order valence-electron chi connectivity index (χ3n) is 4.77. The summed E-state index contributed by atoms with van der Waals surface area (Å²) in [6.45, 7) is 1.23. The summed E-state index contributed by atoms with van der Waals surface area (Å²) in [5.41, 5.74) is 6.29. The van der Waals surface area contributed by atoms with Gasteiger partial charge < -0.3 is 25.0 Å². The summed E-state index contributed by atoms with van der Waals surface area (Å²) in [7, 11) is 0. The quantitative estimate of drug-likeness (QED) is 0.825. The van der Waals surface area contributed by atoms with Gasteiger partial charge in [0.15, 0.2) is 5.75 Å². The van der Waals surface area contributed by atoms with Crippen molar-refractivity contribution in [3.8, 4) is 5.75 Å². The zero-order valence-electron chi connectivity index (χ0n) is 13.4. The van der Waals surface area contributed by atoms with Gasteiger partial charge in [-0.3, -0.25) is 4.79 Å². The van der Waals surface area contributed by atoms with Crippen molar-refractivity contribution in [2.75, 3.05) is 18.0 Å². The monoisotopic (exact) mass is 347 g/mol. The van der Waals surface area contributed by atoms with Crippen LogP contribution in [0.2, 0.25) is 0 Å². The van der Waals surface area contributed by atoms with Crippen LogP contribution in [0.25, 0.3) is 10.9 Å². The Bertz CT molecular complexity index is 922. The number of nitrogens with zero attached hydrogens (tertiary/aromatic N) is 2. The van der Waals surface area contributed by atoms with E-state index in [4.69, 9.17) is 10.8 Å². The number of ether oxygens (including phenoxy) is 1. The lowest BCUT2D eigenvalue weighted by atomic mass is 10.1. The van der Waals surface area contributed by atoms with Crippen molar-refractivity contribution in [1.29, 1.82) is 0 Å². The highest BCUT2D eigenvalue weighted by Gasteiger charge is 2.28. The van der Waals surface area contributed by atoms with Crippen LogP contribution in [-0.4, -0.2) is 35.0 Å². The molecule has 1 saturated carbocycles. The summed E-state index contributed by atoms with van der Waals surface area (Å²) in [4.78, 5) is 25.2. The minimum Gasteiger partial charge on any atom is -0.449 e. The standard InChI is InChI=1S/C17H18FN3O4/c18-12-5-11-13(6-14(12)20-4-3-9(19)7-20)21(10-1-2-10)8-15(16(11)22)25-17(23)24/h5-6,8-10H,1-4,7,19H2,(H,23,24). The molecule has 3 N–H and O–H groups in total. The van der Waals surface area contributed by atoms with Gasteiger partial charge in [0, 0.05) is 25.2 Å². The first-order chi connectivity index (χ1) is 11.9. The highest BCUT2D eigenvalue weighted by Crippen LogP contribution is 2.39. The maximum absolute atomic E-state index is 14.6. The average molecular weight is 347 g/mol. The molecule has 0 radical (unpaired) electrons. The Balaban J connectivity index is 1.90. The van der Waals surface area contributed by atoms with E-state index in [1.807, 2.05) is 9.47 Å². The molecule has 4 rings (SSSR count). The van der Waals surface area contributed by atoms with E-state index < -0.39 is 17.4 Å². The first kappa shape index (κ1) is 15.9. The molecule has 2 aromatic rings. The molecular formula is C17H18FN3O4. The molecule has 0 bridgehead atoms. The Kier molecular flexibility index (Phi) is 3.64. The molecule has 132 valence electrons. The molecule has 25 heavy (non-hydrogen) atoms. The van der Waals surface area contributed by atoms with Gasteiger partial charge in [-0.15, -0.1) is 0 Å². The second-order valence-corrected chi connectivity index (χ2v) is 6.64. The number of aromatic nitrogens is 1. The molecule has 0 spiro atoms. The molecule has 7 nitrogen and oxygen atoms in total. The maximum Gasteiger partial charge on any atom is 0.511 e. The normalized spacial score (nSPS) is 20.2. The molecule has 1 aliphatic heterocycles. The van der Waals surface area contributed by atoms with Crippen molar-refractivity contribution in [1.82, 2.24) is 4.57 Å². The number of rotatable bonds is 3. The van der Waals surface area contributed by atoms with Crippen LogP contribution in [0, 0.1) is 5.82 Å². The number of nitrogens with two attached hydrogens (primary N) is 1. The molecule has 1 unspecified atom stereocenters. The molecule has 1 saturated heterocycles. The van der Waals surface area contributed by atoms with E-state index in [0.29, 0.717) is 24.3 Å². The van der Waals surface area contributed by atoms with Crippen LogP contribution in [0.5, 0.6) is 5.75 Å².